The van der Waals surface area contributed by atoms with Gasteiger partial charge in [0.25, 0.3) is 5.69 Å². The maximum Gasteiger partial charge on any atom is 0.291 e. The number of hydrogen-bond donors (Lipinski definition) is 0. The predicted octanol–water partition coefficient (Wildman–Crippen LogP) is 3.21. The van der Waals surface area contributed by atoms with E-state index in [-0.39, 0.29) is 16.0 Å². The summed E-state index contributed by atoms with van der Waals surface area (Å²) in [5.41, 5.74) is 1.09. The van der Waals surface area contributed by atoms with E-state index in [1.54, 1.807) is 6.20 Å². The molecule has 1 aromatic heterocycles. The summed E-state index contributed by atoms with van der Waals surface area (Å²) in [6, 6.07) is 1.83. The van der Waals surface area contributed by atoms with Crippen molar-refractivity contribution in [2.24, 2.45) is 0 Å². The van der Waals surface area contributed by atoms with E-state index in [2.05, 4.69) is 11.9 Å². The number of hydrogen-bond acceptors (Lipinski definition) is 3. The molecule has 0 radical (unpaired) electrons. The van der Waals surface area contributed by atoms with Crippen LogP contribution in [-0.4, -0.2) is 9.91 Å². The topological polar surface area (TPSA) is 56.0 Å². The summed E-state index contributed by atoms with van der Waals surface area (Å²) in [5.74, 6) is 0. The quantitative estimate of drug-likeness (QED) is 0.580. The van der Waals surface area contributed by atoms with Crippen LogP contribution in [0.4, 0.5) is 5.69 Å². The second kappa shape index (κ2) is 4.20. The average Bonchev–Trinajstić information content (AvgIpc) is 2.78. The van der Waals surface area contributed by atoms with Crippen molar-refractivity contribution < 1.29 is 4.92 Å². The highest BCUT2D eigenvalue weighted by molar-refractivity contribution is 5.43. The van der Waals surface area contributed by atoms with E-state index in [1.165, 1.54) is 19.0 Å². The van der Waals surface area contributed by atoms with Crippen LogP contribution in [0.15, 0.2) is 18.5 Å². The molecule has 0 saturated heterocycles. The van der Waals surface area contributed by atoms with Gasteiger partial charge >= 0.3 is 0 Å². The Balaban J connectivity index is 2.49. The Morgan fingerprint density at radius 3 is 2.75 bits per heavy atom. The van der Waals surface area contributed by atoms with Crippen LogP contribution in [0.5, 0.6) is 0 Å². The smallest absolute Gasteiger partial charge is 0.258 e. The van der Waals surface area contributed by atoms with E-state index in [0.717, 1.165) is 24.8 Å². The van der Waals surface area contributed by atoms with Gasteiger partial charge in [-0.15, -0.1) is 0 Å². The normalized spacial score (nSPS) is 18.6. The zero-order chi connectivity index (χ0) is 11.6. The molecule has 0 aromatic carbocycles. The Morgan fingerprint density at radius 2 is 2.19 bits per heavy atom. The van der Waals surface area contributed by atoms with Crippen LogP contribution in [-0.2, 0) is 5.41 Å². The maximum absolute atomic E-state index is 11.0. The van der Waals surface area contributed by atoms with Crippen molar-refractivity contribution in [3.63, 3.8) is 0 Å². The summed E-state index contributed by atoms with van der Waals surface area (Å²) in [5, 5.41) is 11.0. The van der Waals surface area contributed by atoms with Crippen molar-refractivity contribution in [3.05, 3.63) is 34.1 Å². The first kappa shape index (κ1) is 11.0. The molecule has 16 heavy (non-hydrogen) atoms. The molecule has 0 bridgehead atoms. The zero-order valence-corrected chi connectivity index (χ0v) is 9.48. The maximum atomic E-state index is 11.0. The Hall–Kier alpha value is -1.45. The third-order valence-electron chi connectivity index (χ3n) is 3.81. The van der Waals surface area contributed by atoms with E-state index in [1.807, 2.05) is 6.07 Å². The second-order valence-electron chi connectivity index (χ2n) is 4.49. The summed E-state index contributed by atoms with van der Waals surface area (Å²) in [7, 11) is 0. The third-order valence-corrected chi connectivity index (χ3v) is 3.81. The lowest BCUT2D eigenvalue weighted by molar-refractivity contribution is -0.386. The van der Waals surface area contributed by atoms with Crippen LogP contribution in [0.1, 0.15) is 44.6 Å². The van der Waals surface area contributed by atoms with Gasteiger partial charge in [-0.25, -0.2) is 0 Å². The van der Waals surface area contributed by atoms with Gasteiger partial charge < -0.3 is 0 Å². The number of rotatable bonds is 3. The van der Waals surface area contributed by atoms with Crippen molar-refractivity contribution in [2.45, 2.75) is 44.4 Å². The van der Waals surface area contributed by atoms with Gasteiger partial charge in [0.05, 0.1) is 4.92 Å². The summed E-state index contributed by atoms with van der Waals surface area (Å²) in [6.45, 7) is 2.12. The molecule has 1 aromatic rings. The van der Waals surface area contributed by atoms with Gasteiger partial charge in [0.2, 0.25) is 0 Å². The second-order valence-corrected chi connectivity index (χ2v) is 4.49. The highest BCUT2D eigenvalue weighted by Gasteiger charge is 2.38. The molecule has 1 fully saturated rings. The van der Waals surface area contributed by atoms with Gasteiger partial charge in [-0.05, 0) is 25.3 Å². The minimum absolute atomic E-state index is 0.0192. The fraction of sp³-hybridized carbons (Fsp3) is 0.583. The first-order chi connectivity index (χ1) is 7.69. The van der Waals surface area contributed by atoms with Crippen molar-refractivity contribution in [3.8, 4) is 0 Å². The largest absolute Gasteiger partial charge is 0.291 e. The highest BCUT2D eigenvalue weighted by Crippen LogP contribution is 2.46. The molecule has 1 saturated carbocycles. The Morgan fingerprint density at radius 1 is 1.50 bits per heavy atom. The molecule has 0 amide bonds. The minimum atomic E-state index is -0.307. The summed E-state index contributed by atoms with van der Waals surface area (Å²) < 4.78 is 0. The average molecular weight is 220 g/mol. The van der Waals surface area contributed by atoms with E-state index in [0.29, 0.717) is 0 Å². The number of nitrogens with zero attached hydrogens (tertiary/aromatic N) is 2. The van der Waals surface area contributed by atoms with Crippen LogP contribution < -0.4 is 0 Å². The molecule has 0 atom stereocenters. The van der Waals surface area contributed by atoms with Gasteiger partial charge in [-0.3, -0.25) is 15.1 Å². The van der Waals surface area contributed by atoms with Gasteiger partial charge in [-0.2, -0.15) is 0 Å². The van der Waals surface area contributed by atoms with E-state index in [4.69, 9.17) is 0 Å². The molecule has 0 spiro atoms. The fourth-order valence-corrected chi connectivity index (χ4v) is 2.85. The Kier molecular flexibility index (Phi) is 2.90. The van der Waals surface area contributed by atoms with Crippen LogP contribution in [0.25, 0.3) is 0 Å². The SMILES string of the molecule is CCC1(c2ccncc2[N+](=O)[O-])CCCC1. The molecule has 86 valence electrons. The lowest BCUT2D eigenvalue weighted by Crippen LogP contribution is -2.22. The minimum Gasteiger partial charge on any atom is -0.258 e. The molecule has 1 aliphatic carbocycles. The molecule has 0 unspecified atom stereocenters. The number of pyridine rings is 1. The molecule has 1 heterocycles. The van der Waals surface area contributed by atoms with Crippen molar-refractivity contribution >= 4 is 5.69 Å². The van der Waals surface area contributed by atoms with Crippen molar-refractivity contribution in [2.75, 3.05) is 0 Å². The Bertz CT molecular complexity index is 398. The molecule has 1 aliphatic rings. The summed E-state index contributed by atoms with van der Waals surface area (Å²) in [6.07, 6.45) is 8.49. The highest BCUT2D eigenvalue weighted by atomic mass is 16.6. The number of aromatic nitrogens is 1. The van der Waals surface area contributed by atoms with E-state index >= 15 is 0 Å². The lowest BCUT2D eigenvalue weighted by Gasteiger charge is -2.27. The van der Waals surface area contributed by atoms with Gasteiger partial charge in [0.15, 0.2) is 0 Å². The van der Waals surface area contributed by atoms with E-state index < -0.39 is 0 Å². The Labute approximate surface area is 94.9 Å². The molecule has 0 aliphatic heterocycles. The molecule has 2 rings (SSSR count). The molecule has 4 nitrogen and oxygen atoms in total. The summed E-state index contributed by atoms with van der Waals surface area (Å²) in [4.78, 5) is 14.6. The molecule has 4 heteroatoms. The lowest BCUT2D eigenvalue weighted by atomic mass is 9.76. The van der Waals surface area contributed by atoms with E-state index in [9.17, 15) is 10.1 Å². The fourth-order valence-electron chi connectivity index (χ4n) is 2.85. The third kappa shape index (κ3) is 1.68. The van der Waals surface area contributed by atoms with Gasteiger partial charge in [0, 0.05) is 17.2 Å². The first-order valence-corrected chi connectivity index (χ1v) is 5.78. The van der Waals surface area contributed by atoms with Gasteiger partial charge in [-0.1, -0.05) is 19.8 Å². The number of nitro groups is 1. The van der Waals surface area contributed by atoms with Gasteiger partial charge in [0.1, 0.15) is 6.20 Å². The predicted molar refractivity (Wildman–Crippen MR) is 61.3 cm³/mol. The van der Waals surface area contributed by atoms with Crippen molar-refractivity contribution in [1.82, 2.24) is 4.98 Å². The van der Waals surface area contributed by atoms with Crippen LogP contribution in [0.2, 0.25) is 0 Å². The zero-order valence-electron chi connectivity index (χ0n) is 9.48. The standard InChI is InChI=1S/C12H16N2O2/c1-2-12(6-3-4-7-12)10-5-8-13-9-11(10)14(15)16/h5,8-9H,2-4,6-7H2,1H3. The first-order valence-electron chi connectivity index (χ1n) is 5.78. The summed E-state index contributed by atoms with van der Waals surface area (Å²) >= 11 is 0. The van der Waals surface area contributed by atoms with Crippen LogP contribution in [0.3, 0.4) is 0 Å². The molecular weight excluding hydrogens is 204 g/mol. The van der Waals surface area contributed by atoms with Crippen LogP contribution in [0, 0.1) is 10.1 Å². The van der Waals surface area contributed by atoms with Crippen LogP contribution >= 0.6 is 0 Å². The monoisotopic (exact) mass is 220 g/mol. The molecular formula is C12H16N2O2. The molecule has 0 N–H and O–H groups in total. The van der Waals surface area contributed by atoms with Crippen molar-refractivity contribution in [1.29, 1.82) is 0 Å².